The molecule has 0 aliphatic carbocycles. The minimum absolute atomic E-state index is 0.382. The number of carbonyl (C=O) groups excluding carboxylic acids is 1. The number of nitrogens with zero attached hydrogens (tertiary/aromatic N) is 1. The van der Waals surface area contributed by atoms with Crippen molar-refractivity contribution in [2.24, 2.45) is 5.16 Å². The van der Waals surface area contributed by atoms with E-state index in [1.807, 2.05) is 12.1 Å². The van der Waals surface area contributed by atoms with Crippen LogP contribution in [0.3, 0.4) is 0 Å². The van der Waals surface area contributed by atoms with Crippen LogP contribution in [0.25, 0.3) is 6.08 Å². The Bertz CT molecular complexity index is 447. The number of carbonyl (C=O) groups is 1. The SMILES string of the molecule is CC1=NOC(=O)C1=Cc1ccc(Br)s1. The summed E-state index contributed by atoms with van der Waals surface area (Å²) in [5.41, 5.74) is 1.15. The van der Waals surface area contributed by atoms with Crippen LogP contribution in [-0.2, 0) is 9.63 Å². The summed E-state index contributed by atoms with van der Waals surface area (Å²) in [6.45, 7) is 1.75. The first-order valence-corrected chi connectivity index (χ1v) is 5.51. The number of halogens is 1. The normalized spacial score (nSPS) is 18.6. The molecule has 1 aliphatic heterocycles. The van der Waals surface area contributed by atoms with E-state index in [1.54, 1.807) is 24.3 Å². The Balaban J connectivity index is 2.35. The first kappa shape index (κ1) is 9.61. The van der Waals surface area contributed by atoms with Crippen molar-refractivity contribution in [1.82, 2.24) is 0 Å². The number of oxime groups is 1. The maximum Gasteiger partial charge on any atom is 0.367 e. The van der Waals surface area contributed by atoms with Gasteiger partial charge in [0.2, 0.25) is 0 Å². The fourth-order valence-electron chi connectivity index (χ4n) is 1.07. The summed E-state index contributed by atoms with van der Waals surface area (Å²) >= 11 is 4.91. The minimum atomic E-state index is -0.382. The van der Waals surface area contributed by atoms with Crippen LogP contribution in [0.1, 0.15) is 11.8 Å². The van der Waals surface area contributed by atoms with Gasteiger partial charge < -0.3 is 4.84 Å². The fourth-order valence-corrected chi connectivity index (χ4v) is 2.43. The molecular formula is C9H6BrNO2S. The second-order valence-electron chi connectivity index (χ2n) is 2.76. The second-order valence-corrected chi connectivity index (χ2v) is 5.25. The average molecular weight is 272 g/mol. The van der Waals surface area contributed by atoms with E-state index < -0.39 is 0 Å². The predicted octanol–water partition coefficient (Wildman–Crippen LogP) is 2.83. The summed E-state index contributed by atoms with van der Waals surface area (Å²) in [7, 11) is 0. The van der Waals surface area contributed by atoms with Gasteiger partial charge in [0.1, 0.15) is 0 Å². The van der Waals surface area contributed by atoms with Gasteiger partial charge in [-0.2, -0.15) is 0 Å². The zero-order valence-corrected chi connectivity index (χ0v) is 9.68. The minimum Gasteiger partial charge on any atom is -0.312 e. The van der Waals surface area contributed by atoms with E-state index in [1.165, 1.54) is 0 Å². The monoisotopic (exact) mass is 271 g/mol. The van der Waals surface area contributed by atoms with E-state index in [0.29, 0.717) is 11.3 Å². The van der Waals surface area contributed by atoms with Crippen molar-refractivity contribution in [3.05, 3.63) is 26.4 Å². The van der Waals surface area contributed by atoms with Gasteiger partial charge in [-0.25, -0.2) is 4.79 Å². The molecule has 0 unspecified atom stereocenters. The molecule has 14 heavy (non-hydrogen) atoms. The molecule has 0 amide bonds. The van der Waals surface area contributed by atoms with Crippen molar-refractivity contribution in [3.8, 4) is 0 Å². The molecule has 0 radical (unpaired) electrons. The van der Waals surface area contributed by atoms with Gasteiger partial charge in [0.05, 0.1) is 15.1 Å². The summed E-state index contributed by atoms with van der Waals surface area (Å²) in [6, 6.07) is 3.87. The molecule has 1 aliphatic rings. The summed E-state index contributed by atoms with van der Waals surface area (Å²) in [6.07, 6.45) is 1.78. The van der Waals surface area contributed by atoms with Crippen molar-refractivity contribution in [3.63, 3.8) is 0 Å². The molecule has 2 heterocycles. The number of thiophene rings is 1. The Morgan fingerprint density at radius 3 is 2.86 bits per heavy atom. The van der Waals surface area contributed by atoms with Crippen LogP contribution in [0.15, 0.2) is 26.6 Å². The van der Waals surface area contributed by atoms with Crippen LogP contribution in [0.4, 0.5) is 0 Å². The summed E-state index contributed by atoms with van der Waals surface area (Å²) in [5, 5.41) is 3.59. The zero-order valence-electron chi connectivity index (χ0n) is 7.28. The van der Waals surface area contributed by atoms with Crippen LogP contribution in [0.5, 0.6) is 0 Å². The van der Waals surface area contributed by atoms with Gasteiger partial charge in [0.25, 0.3) is 0 Å². The smallest absolute Gasteiger partial charge is 0.312 e. The average Bonchev–Trinajstić information content (AvgIpc) is 2.67. The van der Waals surface area contributed by atoms with Crippen molar-refractivity contribution < 1.29 is 9.63 Å². The molecule has 0 fully saturated rings. The maximum atomic E-state index is 11.2. The molecule has 0 atom stereocenters. The molecule has 0 saturated carbocycles. The van der Waals surface area contributed by atoms with E-state index >= 15 is 0 Å². The van der Waals surface area contributed by atoms with Gasteiger partial charge in [-0.05, 0) is 41.1 Å². The Hall–Kier alpha value is -0.940. The zero-order chi connectivity index (χ0) is 10.1. The van der Waals surface area contributed by atoms with Crippen molar-refractivity contribution in [2.75, 3.05) is 0 Å². The summed E-state index contributed by atoms with van der Waals surface area (Å²) in [5.74, 6) is -0.382. The van der Waals surface area contributed by atoms with Gasteiger partial charge in [0, 0.05) is 4.88 Å². The predicted molar refractivity (Wildman–Crippen MR) is 59.2 cm³/mol. The van der Waals surface area contributed by atoms with Crippen LogP contribution in [-0.4, -0.2) is 11.7 Å². The van der Waals surface area contributed by atoms with Gasteiger partial charge in [-0.1, -0.05) is 5.16 Å². The van der Waals surface area contributed by atoms with Gasteiger partial charge in [0.15, 0.2) is 0 Å². The van der Waals surface area contributed by atoms with E-state index in [4.69, 9.17) is 0 Å². The van der Waals surface area contributed by atoms with Crippen molar-refractivity contribution in [1.29, 1.82) is 0 Å². The third-order valence-corrected chi connectivity index (χ3v) is 3.33. The molecule has 0 spiro atoms. The molecule has 0 N–H and O–H groups in total. The van der Waals surface area contributed by atoms with Gasteiger partial charge in [-0.15, -0.1) is 11.3 Å². The number of hydrogen-bond acceptors (Lipinski definition) is 4. The Labute approximate surface area is 93.2 Å². The first-order valence-electron chi connectivity index (χ1n) is 3.90. The third-order valence-electron chi connectivity index (χ3n) is 1.76. The van der Waals surface area contributed by atoms with Crippen molar-refractivity contribution >= 4 is 45.0 Å². The lowest BCUT2D eigenvalue weighted by molar-refractivity contribution is -0.136. The van der Waals surface area contributed by atoms with Crippen molar-refractivity contribution in [2.45, 2.75) is 6.92 Å². The number of hydrogen-bond donors (Lipinski definition) is 0. The van der Waals surface area contributed by atoms with Crippen LogP contribution < -0.4 is 0 Å². The standard InChI is InChI=1S/C9H6BrNO2S/c1-5-7(9(12)13-11-5)4-6-2-3-8(10)14-6/h2-4H,1H3. The van der Waals surface area contributed by atoms with Crippen LogP contribution in [0, 0.1) is 0 Å². The highest BCUT2D eigenvalue weighted by molar-refractivity contribution is 9.11. The highest BCUT2D eigenvalue weighted by Crippen LogP contribution is 2.25. The molecule has 0 bridgehead atoms. The fraction of sp³-hybridized carbons (Fsp3) is 0.111. The lowest BCUT2D eigenvalue weighted by Crippen LogP contribution is -2.01. The lowest BCUT2D eigenvalue weighted by Gasteiger charge is -1.90. The van der Waals surface area contributed by atoms with E-state index in [0.717, 1.165) is 8.66 Å². The van der Waals surface area contributed by atoms with Crippen LogP contribution >= 0.6 is 27.3 Å². The van der Waals surface area contributed by atoms with E-state index in [-0.39, 0.29) is 5.97 Å². The van der Waals surface area contributed by atoms with Gasteiger partial charge >= 0.3 is 5.97 Å². The summed E-state index contributed by atoms with van der Waals surface area (Å²) < 4.78 is 1.03. The number of rotatable bonds is 1. The Morgan fingerprint density at radius 2 is 2.36 bits per heavy atom. The highest BCUT2D eigenvalue weighted by Gasteiger charge is 2.21. The third kappa shape index (κ3) is 1.78. The molecule has 1 aromatic heterocycles. The molecular weight excluding hydrogens is 266 g/mol. The highest BCUT2D eigenvalue weighted by atomic mass is 79.9. The molecule has 2 rings (SSSR count). The molecule has 0 aromatic carbocycles. The van der Waals surface area contributed by atoms with Crippen LogP contribution in [0.2, 0.25) is 0 Å². The second kappa shape index (κ2) is 3.67. The van der Waals surface area contributed by atoms with E-state index in [2.05, 4.69) is 25.9 Å². The van der Waals surface area contributed by atoms with Gasteiger partial charge in [-0.3, -0.25) is 0 Å². The summed E-state index contributed by atoms with van der Waals surface area (Å²) in [4.78, 5) is 16.7. The lowest BCUT2D eigenvalue weighted by atomic mass is 10.1. The molecule has 3 nitrogen and oxygen atoms in total. The van der Waals surface area contributed by atoms with E-state index in [9.17, 15) is 4.79 Å². The molecule has 5 heteroatoms. The first-order chi connectivity index (χ1) is 6.66. The molecule has 1 aromatic rings. The Kier molecular flexibility index (Phi) is 2.52. The quantitative estimate of drug-likeness (QED) is 0.582. The largest absolute Gasteiger partial charge is 0.367 e. The molecule has 0 saturated heterocycles. The molecule has 72 valence electrons. The maximum absolute atomic E-state index is 11.2. The Morgan fingerprint density at radius 1 is 1.57 bits per heavy atom. The topological polar surface area (TPSA) is 38.7 Å².